The molecule has 2 N–H and O–H groups in total. The van der Waals surface area contributed by atoms with Crippen LogP contribution in [-0.2, 0) is 0 Å². The van der Waals surface area contributed by atoms with E-state index in [4.69, 9.17) is 5.73 Å². The van der Waals surface area contributed by atoms with Crippen molar-refractivity contribution in [2.45, 2.75) is 26.3 Å². The highest BCUT2D eigenvalue weighted by Gasteiger charge is 2.25. The average Bonchev–Trinajstić information content (AvgIpc) is 2.45. The van der Waals surface area contributed by atoms with Crippen LogP contribution in [0, 0.1) is 12.7 Å². The predicted molar refractivity (Wildman–Crippen MR) is 81.2 cm³/mol. The van der Waals surface area contributed by atoms with Crippen molar-refractivity contribution in [1.82, 2.24) is 9.80 Å². The highest BCUT2D eigenvalue weighted by atomic mass is 19.1. The smallest absolute Gasteiger partial charge is 0.128 e. The molecule has 0 spiro atoms. The number of aryl methyl sites for hydroxylation is 1. The first-order valence-electron chi connectivity index (χ1n) is 7.58. The first-order valence-corrected chi connectivity index (χ1v) is 7.58. The zero-order chi connectivity index (χ0) is 14.5. The van der Waals surface area contributed by atoms with Crippen LogP contribution in [0.25, 0.3) is 0 Å². The molecule has 2 rings (SSSR count). The predicted octanol–water partition coefficient (Wildman–Crippen LogP) is 2.16. The van der Waals surface area contributed by atoms with E-state index in [0.29, 0.717) is 6.54 Å². The molecule has 0 amide bonds. The number of halogens is 1. The van der Waals surface area contributed by atoms with Crippen molar-refractivity contribution in [3.63, 3.8) is 0 Å². The minimum Gasteiger partial charge on any atom is -0.329 e. The maximum atomic E-state index is 14.1. The van der Waals surface area contributed by atoms with Crippen molar-refractivity contribution in [3.8, 4) is 0 Å². The van der Waals surface area contributed by atoms with E-state index >= 15 is 0 Å². The van der Waals surface area contributed by atoms with Crippen LogP contribution in [0.2, 0.25) is 0 Å². The topological polar surface area (TPSA) is 32.5 Å². The minimum absolute atomic E-state index is 0.00123. The number of nitrogens with two attached hydrogens (primary N) is 1. The summed E-state index contributed by atoms with van der Waals surface area (Å²) in [5.41, 5.74) is 7.76. The molecule has 1 aromatic rings. The van der Waals surface area contributed by atoms with Crippen molar-refractivity contribution in [3.05, 3.63) is 35.1 Å². The summed E-state index contributed by atoms with van der Waals surface area (Å²) in [5.74, 6) is -0.137. The Hall–Kier alpha value is -0.970. The monoisotopic (exact) mass is 279 g/mol. The van der Waals surface area contributed by atoms with E-state index in [1.54, 1.807) is 6.07 Å². The van der Waals surface area contributed by atoms with Crippen molar-refractivity contribution in [1.29, 1.82) is 0 Å². The minimum atomic E-state index is -0.137. The van der Waals surface area contributed by atoms with Crippen molar-refractivity contribution < 1.29 is 4.39 Å². The first-order chi connectivity index (χ1) is 9.65. The number of hydrogen-bond acceptors (Lipinski definition) is 3. The van der Waals surface area contributed by atoms with Crippen LogP contribution in [-0.4, -0.2) is 49.1 Å². The molecule has 0 saturated carbocycles. The van der Waals surface area contributed by atoms with Gasteiger partial charge in [0.05, 0.1) is 6.04 Å². The summed E-state index contributed by atoms with van der Waals surface area (Å²) in [5, 5.41) is 0. The molecule has 0 radical (unpaired) electrons. The molecule has 0 aromatic heterocycles. The standard InChI is InChI=1S/C16H26FN3/c1-3-6-19-7-9-20(10-8-19)16(12-18)14-11-13(2)4-5-15(14)17/h4-5,11,16H,3,6-10,12,18H2,1-2H3. The van der Waals surface area contributed by atoms with E-state index in [9.17, 15) is 4.39 Å². The summed E-state index contributed by atoms with van der Waals surface area (Å²) >= 11 is 0. The van der Waals surface area contributed by atoms with Gasteiger partial charge >= 0.3 is 0 Å². The molecule has 1 heterocycles. The number of hydrogen-bond donors (Lipinski definition) is 1. The summed E-state index contributed by atoms with van der Waals surface area (Å²) in [6, 6.07) is 5.30. The first kappa shape index (κ1) is 15.4. The van der Waals surface area contributed by atoms with Crippen LogP contribution in [0.4, 0.5) is 4.39 Å². The zero-order valence-corrected chi connectivity index (χ0v) is 12.6. The van der Waals surface area contributed by atoms with Crippen LogP contribution >= 0.6 is 0 Å². The van der Waals surface area contributed by atoms with Gasteiger partial charge in [0, 0.05) is 38.3 Å². The summed E-state index contributed by atoms with van der Waals surface area (Å²) in [4.78, 5) is 4.79. The third kappa shape index (κ3) is 3.57. The Labute approximate surface area is 121 Å². The molecule has 1 saturated heterocycles. The van der Waals surface area contributed by atoms with Crippen molar-refractivity contribution in [2.24, 2.45) is 5.73 Å². The van der Waals surface area contributed by atoms with Gasteiger partial charge in [-0.05, 0) is 26.0 Å². The second-order valence-corrected chi connectivity index (χ2v) is 5.65. The SMILES string of the molecule is CCCN1CCN(C(CN)c2cc(C)ccc2F)CC1. The van der Waals surface area contributed by atoms with Gasteiger partial charge in [-0.25, -0.2) is 4.39 Å². The second-order valence-electron chi connectivity index (χ2n) is 5.65. The Morgan fingerprint density at radius 1 is 1.25 bits per heavy atom. The van der Waals surface area contributed by atoms with Gasteiger partial charge in [0.2, 0.25) is 0 Å². The molecule has 20 heavy (non-hydrogen) atoms. The van der Waals surface area contributed by atoms with Crippen LogP contribution in [0.3, 0.4) is 0 Å². The summed E-state index contributed by atoms with van der Waals surface area (Å²) < 4.78 is 14.1. The fourth-order valence-corrected chi connectivity index (χ4v) is 3.01. The zero-order valence-electron chi connectivity index (χ0n) is 12.6. The van der Waals surface area contributed by atoms with E-state index < -0.39 is 0 Å². The molecule has 1 atom stereocenters. The Kier molecular flexibility index (Phi) is 5.52. The molecular weight excluding hydrogens is 253 g/mol. The molecule has 3 nitrogen and oxygen atoms in total. The van der Waals surface area contributed by atoms with E-state index in [-0.39, 0.29) is 11.9 Å². The van der Waals surface area contributed by atoms with E-state index in [1.807, 2.05) is 19.1 Å². The lowest BCUT2D eigenvalue weighted by atomic mass is 10.0. The maximum absolute atomic E-state index is 14.1. The summed E-state index contributed by atoms with van der Waals surface area (Å²) in [6.07, 6.45) is 1.19. The van der Waals surface area contributed by atoms with E-state index in [2.05, 4.69) is 16.7 Å². The summed E-state index contributed by atoms with van der Waals surface area (Å²) in [6.45, 7) is 9.86. The van der Waals surface area contributed by atoms with Gasteiger partial charge in [0.1, 0.15) is 5.82 Å². The van der Waals surface area contributed by atoms with Gasteiger partial charge in [-0.1, -0.05) is 24.6 Å². The van der Waals surface area contributed by atoms with Gasteiger partial charge in [0.25, 0.3) is 0 Å². The Morgan fingerprint density at radius 2 is 1.95 bits per heavy atom. The second kappa shape index (κ2) is 7.16. The molecule has 1 unspecified atom stereocenters. The maximum Gasteiger partial charge on any atom is 0.128 e. The van der Waals surface area contributed by atoms with Crippen LogP contribution in [0.5, 0.6) is 0 Å². The normalized spacial score (nSPS) is 19.2. The van der Waals surface area contributed by atoms with Gasteiger partial charge in [-0.15, -0.1) is 0 Å². The van der Waals surface area contributed by atoms with Gasteiger partial charge in [-0.3, -0.25) is 4.90 Å². The number of piperazine rings is 1. The molecule has 4 heteroatoms. The van der Waals surface area contributed by atoms with Gasteiger partial charge in [-0.2, -0.15) is 0 Å². The lowest BCUT2D eigenvalue weighted by molar-refractivity contribution is 0.0971. The molecule has 1 aromatic carbocycles. The molecule has 1 aliphatic heterocycles. The quantitative estimate of drug-likeness (QED) is 0.896. The van der Waals surface area contributed by atoms with E-state index in [1.165, 1.54) is 6.42 Å². The number of benzene rings is 1. The molecule has 1 aliphatic rings. The average molecular weight is 279 g/mol. The Bertz CT molecular complexity index is 428. The highest BCUT2D eigenvalue weighted by Crippen LogP contribution is 2.24. The highest BCUT2D eigenvalue weighted by molar-refractivity contribution is 5.27. The third-order valence-corrected chi connectivity index (χ3v) is 4.12. The molecular formula is C16H26FN3. The van der Waals surface area contributed by atoms with Gasteiger partial charge < -0.3 is 10.6 Å². The lowest BCUT2D eigenvalue weighted by Gasteiger charge is -2.39. The molecule has 0 bridgehead atoms. The molecule has 0 aliphatic carbocycles. The molecule has 112 valence electrons. The largest absolute Gasteiger partial charge is 0.329 e. The van der Waals surface area contributed by atoms with E-state index in [0.717, 1.165) is 43.9 Å². The number of rotatable bonds is 5. The fraction of sp³-hybridized carbons (Fsp3) is 0.625. The van der Waals surface area contributed by atoms with Crippen LogP contribution in [0.1, 0.15) is 30.5 Å². The third-order valence-electron chi connectivity index (χ3n) is 4.12. The fourth-order valence-electron chi connectivity index (χ4n) is 3.01. The summed E-state index contributed by atoms with van der Waals surface area (Å²) in [7, 11) is 0. The van der Waals surface area contributed by atoms with Crippen molar-refractivity contribution >= 4 is 0 Å². The van der Waals surface area contributed by atoms with Gasteiger partial charge in [0.15, 0.2) is 0 Å². The van der Waals surface area contributed by atoms with Crippen molar-refractivity contribution in [2.75, 3.05) is 39.3 Å². The molecule has 1 fully saturated rings. The Balaban J connectivity index is 2.07. The lowest BCUT2D eigenvalue weighted by Crippen LogP contribution is -2.49. The van der Waals surface area contributed by atoms with Crippen LogP contribution in [0.15, 0.2) is 18.2 Å². The Morgan fingerprint density at radius 3 is 2.55 bits per heavy atom. The van der Waals surface area contributed by atoms with Crippen LogP contribution < -0.4 is 5.73 Å². The number of nitrogens with zero attached hydrogens (tertiary/aromatic N) is 2.